The average molecular weight is 460 g/mol. The van der Waals surface area contributed by atoms with Gasteiger partial charge in [-0.1, -0.05) is 35.9 Å². The molecule has 3 N–H and O–H groups in total. The number of aromatic nitrogens is 2. The number of aryl methyl sites for hydroxylation is 1. The maximum absolute atomic E-state index is 12.6. The topological polar surface area (TPSA) is 116 Å². The lowest BCUT2D eigenvalue weighted by Crippen LogP contribution is -2.47. The van der Waals surface area contributed by atoms with E-state index in [0.29, 0.717) is 10.5 Å². The predicted octanol–water partition coefficient (Wildman–Crippen LogP) is 1.93. The smallest absolute Gasteiger partial charge is 0.288 e. The van der Waals surface area contributed by atoms with Crippen LogP contribution in [-0.2, 0) is 14.8 Å². The number of aromatic amines is 1. The summed E-state index contributed by atoms with van der Waals surface area (Å²) in [4.78, 5) is 27.6. The van der Waals surface area contributed by atoms with Gasteiger partial charge in [0.25, 0.3) is 11.8 Å². The quantitative estimate of drug-likeness (QED) is 0.385. The Morgan fingerprint density at radius 3 is 2.35 bits per heavy atom. The Morgan fingerprint density at radius 2 is 1.71 bits per heavy atom. The lowest BCUT2D eigenvalue weighted by Gasteiger charge is -2.17. The number of amides is 2. The number of hydrogen-bond donors (Lipinski definition) is 3. The van der Waals surface area contributed by atoms with Gasteiger partial charge in [-0.15, -0.1) is 0 Å². The van der Waals surface area contributed by atoms with Crippen LogP contribution in [-0.4, -0.2) is 47.7 Å². The minimum Gasteiger partial charge on any atom is -0.336 e. The molecule has 0 aliphatic rings. The Balaban J connectivity index is 1.65. The van der Waals surface area contributed by atoms with Crippen LogP contribution in [0.2, 0.25) is 0 Å². The van der Waals surface area contributed by atoms with Crippen molar-refractivity contribution in [2.75, 3.05) is 13.6 Å². The molecule has 0 atom stereocenters. The number of benzene rings is 2. The molecule has 0 bridgehead atoms. The van der Waals surface area contributed by atoms with E-state index in [4.69, 9.17) is 12.2 Å². The van der Waals surface area contributed by atoms with Crippen molar-refractivity contribution in [3.8, 4) is 5.69 Å². The molecule has 1 aromatic heterocycles. The fraction of sp³-hybridized carbons (Fsp3) is 0.150. The third-order valence-corrected chi connectivity index (χ3v) is 6.55. The molecule has 3 aromatic rings. The van der Waals surface area contributed by atoms with Gasteiger partial charge in [0.1, 0.15) is 5.69 Å². The van der Waals surface area contributed by atoms with Crippen LogP contribution in [0.25, 0.3) is 5.69 Å². The van der Waals surface area contributed by atoms with Crippen molar-refractivity contribution in [2.24, 2.45) is 0 Å². The summed E-state index contributed by atoms with van der Waals surface area (Å²) in [5, 5.41) is 0. The number of likely N-dealkylation sites (N-methyl/N-ethyl adjacent to an activating group) is 1. The first-order valence-corrected chi connectivity index (χ1v) is 11.0. The van der Waals surface area contributed by atoms with E-state index >= 15 is 0 Å². The Kier molecular flexibility index (Phi) is 6.68. The van der Waals surface area contributed by atoms with Crippen molar-refractivity contribution in [3.63, 3.8) is 0 Å². The monoisotopic (exact) mass is 459 g/mol. The van der Waals surface area contributed by atoms with Gasteiger partial charge in [0, 0.05) is 18.9 Å². The second-order valence-electron chi connectivity index (χ2n) is 6.73. The lowest BCUT2D eigenvalue weighted by atomic mass is 10.2. The first-order valence-electron chi connectivity index (χ1n) is 9.18. The number of carbonyl (C=O) groups excluding carboxylic acids is 2. The molecule has 1 heterocycles. The highest BCUT2D eigenvalue weighted by atomic mass is 32.2. The van der Waals surface area contributed by atoms with E-state index in [1.54, 1.807) is 36.4 Å². The largest absolute Gasteiger partial charge is 0.336 e. The Morgan fingerprint density at radius 1 is 1.06 bits per heavy atom. The summed E-state index contributed by atoms with van der Waals surface area (Å²) in [6.07, 6.45) is 1.42. The fourth-order valence-electron chi connectivity index (χ4n) is 2.78. The first-order chi connectivity index (χ1) is 14.7. The van der Waals surface area contributed by atoms with Crippen molar-refractivity contribution in [1.29, 1.82) is 0 Å². The molecule has 11 heteroatoms. The zero-order valence-electron chi connectivity index (χ0n) is 16.8. The second kappa shape index (κ2) is 9.25. The lowest BCUT2D eigenvalue weighted by molar-refractivity contribution is -0.121. The molecular formula is C20H21N5O4S2. The van der Waals surface area contributed by atoms with E-state index in [-0.39, 0.29) is 10.6 Å². The van der Waals surface area contributed by atoms with Gasteiger partial charge in [-0.3, -0.25) is 25.0 Å². The molecule has 2 amide bonds. The van der Waals surface area contributed by atoms with Crippen molar-refractivity contribution in [1.82, 2.24) is 24.7 Å². The van der Waals surface area contributed by atoms with E-state index in [1.807, 2.05) is 13.0 Å². The number of nitrogens with zero attached hydrogens (tertiary/aromatic N) is 2. The standard InChI is InChI=1S/C20H21N5O4S2/c1-14-8-10-16(11-9-14)31(28,29)24(2)13-18(26)22-23-19(27)17-12-21-20(30)25(17)15-6-4-3-5-7-15/h3-12H,13H2,1-2H3,(H,21,30)(H,22,26)(H,23,27). The van der Waals surface area contributed by atoms with Gasteiger partial charge in [0.15, 0.2) is 4.77 Å². The van der Waals surface area contributed by atoms with Crippen LogP contribution in [0.3, 0.4) is 0 Å². The van der Waals surface area contributed by atoms with Crippen molar-refractivity contribution < 1.29 is 18.0 Å². The highest BCUT2D eigenvalue weighted by molar-refractivity contribution is 7.89. The zero-order chi connectivity index (χ0) is 22.6. The molecule has 0 aliphatic heterocycles. The van der Waals surface area contributed by atoms with Gasteiger partial charge >= 0.3 is 0 Å². The van der Waals surface area contributed by atoms with Crippen LogP contribution >= 0.6 is 12.2 Å². The maximum Gasteiger partial charge on any atom is 0.288 e. The summed E-state index contributed by atoms with van der Waals surface area (Å²) < 4.78 is 27.9. The summed E-state index contributed by atoms with van der Waals surface area (Å²) >= 11 is 5.23. The van der Waals surface area contributed by atoms with E-state index in [9.17, 15) is 18.0 Å². The van der Waals surface area contributed by atoms with Crippen molar-refractivity contribution >= 4 is 34.1 Å². The number of nitrogens with one attached hydrogen (secondary N) is 3. The SMILES string of the molecule is Cc1ccc(S(=O)(=O)N(C)CC(=O)NNC(=O)c2c[nH]c(=S)n2-c2ccccc2)cc1. The number of hydrogen-bond acceptors (Lipinski definition) is 5. The number of hydrazine groups is 1. The van der Waals surface area contributed by atoms with Gasteiger partial charge in [-0.05, 0) is 43.4 Å². The van der Waals surface area contributed by atoms with Crippen LogP contribution in [0.1, 0.15) is 16.1 Å². The van der Waals surface area contributed by atoms with Crippen LogP contribution in [0, 0.1) is 11.7 Å². The van der Waals surface area contributed by atoms with Gasteiger partial charge in [0.05, 0.1) is 11.4 Å². The van der Waals surface area contributed by atoms with Crippen molar-refractivity contribution in [3.05, 3.63) is 76.8 Å². The minimum absolute atomic E-state index is 0.0756. The molecule has 0 fully saturated rings. The van der Waals surface area contributed by atoms with Crippen LogP contribution in [0.4, 0.5) is 0 Å². The van der Waals surface area contributed by atoms with Gasteiger partial charge < -0.3 is 4.98 Å². The minimum atomic E-state index is -3.84. The van der Waals surface area contributed by atoms with E-state index in [2.05, 4.69) is 15.8 Å². The molecule has 0 radical (unpaired) electrons. The molecule has 0 unspecified atom stereocenters. The van der Waals surface area contributed by atoms with E-state index in [1.165, 1.54) is 29.9 Å². The summed E-state index contributed by atoms with van der Waals surface area (Å²) in [6, 6.07) is 15.3. The number of rotatable bonds is 6. The van der Waals surface area contributed by atoms with Crippen LogP contribution < -0.4 is 10.9 Å². The highest BCUT2D eigenvalue weighted by Crippen LogP contribution is 2.15. The predicted molar refractivity (Wildman–Crippen MR) is 118 cm³/mol. The summed E-state index contributed by atoms with van der Waals surface area (Å²) in [5.74, 6) is -1.32. The third kappa shape index (κ3) is 5.08. The third-order valence-electron chi connectivity index (χ3n) is 4.43. The zero-order valence-corrected chi connectivity index (χ0v) is 18.5. The summed E-state index contributed by atoms with van der Waals surface area (Å²) in [5.41, 5.74) is 6.28. The average Bonchev–Trinajstić information content (AvgIpc) is 3.14. The Hall–Kier alpha value is -3.28. The number of sulfonamides is 1. The van der Waals surface area contributed by atoms with Crippen LogP contribution in [0.5, 0.6) is 0 Å². The summed E-state index contributed by atoms with van der Waals surface area (Å²) in [6.45, 7) is 1.37. The summed E-state index contributed by atoms with van der Waals surface area (Å²) in [7, 11) is -2.56. The highest BCUT2D eigenvalue weighted by Gasteiger charge is 2.23. The number of para-hydroxylation sites is 1. The first kappa shape index (κ1) is 22.4. The molecule has 2 aromatic carbocycles. The number of carbonyl (C=O) groups is 2. The molecule has 0 aliphatic carbocycles. The number of H-pyrrole nitrogens is 1. The van der Waals surface area contributed by atoms with Gasteiger partial charge in [-0.25, -0.2) is 8.42 Å². The number of imidazole rings is 1. The van der Waals surface area contributed by atoms with Gasteiger partial charge in [-0.2, -0.15) is 4.31 Å². The van der Waals surface area contributed by atoms with E-state index in [0.717, 1.165) is 9.87 Å². The normalized spacial score (nSPS) is 11.3. The van der Waals surface area contributed by atoms with Crippen LogP contribution in [0.15, 0.2) is 65.7 Å². The maximum atomic E-state index is 12.6. The van der Waals surface area contributed by atoms with E-state index < -0.39 is 28.4 Å². The molecule has 162 valence electrons. The molecule has 0 saturated heterocycles. The molecule has 9 nitrogen and oxygen atoms in total. The van der Waals surface area contributed by atoms with Crippen molar-refractivity contribution in [2.45, 2.75) is 11.8 Å². The second-order valence-corrected chi connectivity index (χ2v) is 9.16. The van der Waals surface area contributed by atoms with Gasteiger partial charge in [0.2, 0.25) is 10.0 Å². The molecular weight excluding hydrogens is 438 g/mol. The Bertz CT molecular complexity index is 1250. The Labute approximate surface area is 184 Å². The molecule has 0 saturated carbocycles. The molecule has 3 rings (SSSR count). The molecule has 31 heavy (non-hydrogen) atoms. The fourth-order valence-corrected chi connectivity index (χ4v) is 4.17. The molecule has 0 spiro atoms.